The van der Waals surface area contributed by atoms with Gasteiger partial charge in [-0.3, -0.25) is 4.79 Å². The molecule has 1 aromatic heterocycles. The van der Waals surface area contributed by atoms with Crippen LogP contribution in [0.3, 0.4) is 0 Å². The Morgan fingerprint density at radius 3 is 2.24 bits per heavy atom. The first kappa shape index (κ1) is 26.8. The van der Waals surface area contributed by atoms with Crippen LogP contribution < -0.4 is 21.3 Å². The number of carboxylic acids is 1. The molecule has 3 aromatic rings. The third-order valence-corrected chi connectivity index (χ3v) is 6.89. The largest absolute Gasteiger partial charge is 0.478 e. The molecule has 38 heavy (non-hydrogen) atoms. The quantitative estimate of drug-likeness (QED) is 0.254. The molecule has 0 bridgehead atoms. The molecule has 4 rings (SSSR count). The molecule has 10 nitrogen and oxygen atoms in total. The van der Waals surface area contributed by atoms with E-state index in [4.69, 9.17) is 5.11 Å². The molecule has 0 radical (unpaired) electrons. The molecule has 1 fully saturated rings. The Morgan fingerprint density at radius 1 is 0.921 bits per heavy atom. The fraction of sp³-hybridized carbons (Fsp3) is 0.393. The van der Waals surface area contributed by atoms with Gasteiger partial charge in [0, 0.05) is 32.1 Å². The highest BCUT2D eigenvalue weighted by Crippen LogP contribution is 2.27. The van der Waals surface area contributed by atoms with Crippen LogP contribution in [0, 0.1) is 5.92 Å². The van der Waals surface area contributed by atoms with Crippen molar-refractivity contribution in [3.05, 3.63) is 71.3 Å². The normalized spacial score (nSPS) is 17.7. The van der Waals surface area contributed by atoms with Gasteiger partial charge in [-0.05, 0) is 54.9 Å². The number of hydrogen-bond acceptors (Lipinski definition) is 8. The van der Waals surface area contributed by atoms with Crippen molar-refractivity contribution < 1.29 is 14.7 Å². The summed E-state index contributed by atoms with van der Waals surface area (Å²) in [5.74, 6) is 0.831. The minimum atomic E-state index is -0.963. The highest BCUT2D eigenvalue weighted by Gasteiger charge is 2.26. The van der Waals surface area contributed by atoms with Crippen molar-refractivity contribution in [1.29, 1.82) is 0 Å². The molecular weight excluding hydrogens is 482 g/mol. The van der Waals surface area contributed by atoms with Gasteiger partial charge < -0.3 is 26.4 Å². The average Bonchev–Trinajstić information content (AvgIpc) is 2.95. The van der Waals surface area contributed by atoms with Crippen molar-refractivity contribution in [3.8, 4) is 0 Å². The second kappa shape index (κ2) is 12.8. The number of aromatic carboxylic acids is 1. The van der Waals surface area contributed by atoms with E-state index in [0.29, 0.717) is 36.9 Å². The van der Waals surface area contributed by atoms with Crippen LogP contribution >= 0.6 is 0 Å². The smallest absolute Gasteiger partial charge is 0.335 e. The van der Waals surface area contributed by atoms with Crippen LogP contribution in [0.5, 0.6) is 0 Å². The first-order chi connectivity index (χ1) is 18.4. The zero-order chi connectivity index (χ0) is 26.9. The van der Waals surface area contributed by atoms with Gasteiger partial charge in [-0.1, -0.05) is 49.4 Å². The van der Waals surface area contributed by atoms with E-state index in [-0.39, 0.29) is 23.4 Å². The fourth-order valence-electron chi connectivity index (χ4n) is 4.56. The van der Waals surface area contributed by atoms with Crippen LogP contribution in [-0.2, 0) is 11.3 Å². The summed E-state index contributed by atoms with van der Waals surface area (Å²) in [6, 6.07) is 17.0. The summed E-state index contributed by atoms with van der Waals surface area (Å²) < 4.78 is 0. The standard InChI is InChI=1S/C28H35N7O3/c1-18(20-6-4-3-5-7-20)16-31-27-33-26(29-2)34-28(35-27)32-23-14-12-21(13-15-23)24(36)30-17-19-8-10-22(11-9-19)25(37)38/h3-11,18,21,23H,12-17H2,1-2H3,(H,30,36)(H,37,38)(H3,29,31,32,33,34,35). The van der Waals surface area contributed by atoms with Crippen molar-refractivity contribution in [3.63, 3.8) is 0 Å². The minimum Gasteiger partial charge on any atom is -0.478 e. The molecule has 10 heteroatoms. The van der Waals surface area contributed by atoms with Gasteiger partial charge >= 0.3 is 5.97 Å². The molecule has 0 saturated heterocycles. The number of nitrogens with one attached hydrogen (secondary N) is 4. The number of aromatic nitrogens is 3. The summed E-state index contributed by atoms with van der Waals surface area (Å²) in [5.41, 5.74) is 2.35. The van der Waals surface area contributed by atoms with Gasteiger partial charge in [-0.2, -0.15) is 15.0 Å². The third-order valence-electron chi connectivity index (χ3n) is 6.89. The number of carbonyl (C=O) groups is 2. The Morgan fingerprint density at radius 2 is 1.58 bits per heavy atom. The minimum absolute atomic E-state index is 0.0300. The number of hydrogen-bond donors (Lipinski definition) is 5. The molecule has 1 heterocycles. The molecule has 0 aliphatic heterocycles. The van der Waals surface area contributed by atoms with Gasteiger partial charge in [0.05, 0.1) is 5.56 Å². The van der Waals surface area contributed by atoms with E-state index < -0.39 is 5.97 Å². The van der Waals surface area contributed by atoms with Crippen LogP contribution in [0.1, 0.15) is 60.0 Å². The Bertz CT molecular complexity index is 1210. The lowest BCUT2D eigenvalue weighted by Gasteiger charge is -2.28. The number of amides is 1. The summed E-state index contributed by atoms with van der Waals surface area (Å²) in [4.78, 5) is 37.2. The van der Waals surface area contributed by atoms with E-state index in [1.807, 2.05) is 18.2 Å². The SMILES string of the molecule is CNc1nc(NCC(C)c2ccccc2)nc(NC2CCC(C(=O)NCc3ccc(C(=O)O)cc3)CC2)n1. The van der Waals surface area contributed by atoms with Gasteiger partial charge in [0.15, 0.2) is 0 Å². The van der Waals surface area contributed by atoms with Crippen molar-refractivity contribution in [2.24, 2.45) is 5.92 Å². The summed E-state index contributed by atoms with van der Waals surface area (Å²) in [6.45, 7) is 3.24. The number of rotatable bonds is 11. The zero-order valence-corrected chi connectivity index (χ0v) is 21.8. The predicted octanol–water partition coefficient (Wildman–Crippen LogP) is 4.11. The van der Waals surface area contributed by atoms with Gasteiger partial charge in [-0.25, -0.2) is 4.79 Å². The Kier molecular flexibility index (Phi) is 9.07. The monoisotopic (exact) mass is 517 g/mol. The fourth-order valence-corrected chi connectivity index (χ4v) is 4.56. The number of carbonyl (C=O) groups excluding carboxylic acids is 1. The number of nitrogens with zero attached hydrogens (tertiary/aromatic N) is 3. The van der Waals surface area contributed by atoms with E-state index in [1.54, 1.807) is 31.3 Å². The Labute approximate surface area is 222 Å². The lowest BCUT2D eigenvalue weighted by atomic mass is 9.85. The van der Waals surface area contributed by atoms with Crippen LogP contribution in [-0.4, -0.2) is 51.6 Å². The van der Waals surface area contributed by atoms with Crippen LogP contribution in [0.25, 0.3) is 0 Å². The molecule has 1 aliphatic rings. The highest BCUT2D eigenvalue weighted by atomic mass is 16.4. The van der Waals surface area contributed by atoms with Crippen molar-refractivity contribution >= 4 is 29.7 Å². The van der Waals surface area contributed by atoms with E-state index in [0.717, 1.165) is 31.2 Å². The molecule has 0 spiro atoms. The molecule has 2 aromatic carbocycles. The predicted molar refractivity (Wildman–Crippen MR) is 147 cm³/mol. The lowest BCUT2D eigenvalue weighted by molar-refractivity contribution is -0.126. The van der Waals surface area contributed by atoms with Gasteiger partial charge in [0.2, 0.25) is 23.8 Å². The van der Waals surface area contributed by atoms with Crippen molar-refractivity contribution in [2.45, 2.75) is 51.1 Å². The topological polar surface area (TPSA) is 141 Å². The molecule has 200 valence electrons. The zero-order valence-electron chi connectivity index (χ0n) is 21.8. The summed E-state index contributed by atoms with van der Waals surface area (Å²) in [5, 5.41) is 21.7. The van der Waals surface area contributed by atoms with Crippen molar-refractivity contribution in [1.82, 2.24) is 20.3 Å². The lowest BCUT2D eigenvalue weighted by Crippen LogP contribution is -2.36. The van der Waals surface area contributed by atoms with Crippen LogP contribution in [0.2, 0.25) is 0 Å². The number of anilines is 3. The van der Waals surface area contributed by atoms with E-state index in [1.165, 1.54) is 5.56 Å². The van der Waals surface area contributed by atoms with Crippen LogP contribution in [0.15, 0.2) is 54.6 Å². The first-order valence-corrected chi connectivity index (χ1v) is 13.0. The number of benzene rings is 2. The molecule has 1 aliphatic carbocycles. The van der Waals surface area contributed by atoms with Crippen LogP contribution in [0.4, 0.5) is 17.8 Å². The Balaban J connectivity index is 1.26. The van der Waals surface area contributed by atoms with E-state index >= 15 is 0 Å². The maximum atomic E-state index is 12.7. The molecule has 1 unspecified atom stereocenters. The Hall–Kier alpha value is -4.21. The third kappa shape index (κ3) is 7.41. The summed E-state index contributed by atoms with van der Waals surface area (Å²) in [6.07, 6.45) is 3.20. The molecule has 1 saturated carbocycles. The average molecular weight is 518 g/mol. The summed E-state index contributed by atoms with van der Waals surface area (Å²) in [7, 11) is 1.78. The maximum absolute atomic E-state index is 12.7. The van der Waals surface area contributed by atoms with Gasteiger partial charge in [-0.15, -0.1) is 0 Å². The molecule has 1 atom stereocenters. The van der Waals surface area contributed by atoms with E-state index in [9.17, 15) is 9.59 Å². The van der Waals surface area contributed by atoms with E-state index in [2.05, 4.69) is 55.3 Å². The molecule has 1 amide bonds. The molecule has 5 N–H and O–H groups in total. The van der Waals surface area contributed by atoms with Crippen molar-refractivity contribution in [2.75, 3.05) is 29.5 Å². The highest BCUT2D eigenvalue weighted by molar-refractivity contribution is 5.87. The van der Waals surface area contributed by atoms with Gasteiger partial charge in [0.1, 0.15) is 0 Å². The van der Waals surface area contributed by atoms with Gasteiger partial charge in [0.25, 0.3) is 0 Å². The first-order valence-electron chi connectivity index (χ1n) is 13.0. The maximum Gasteiger partial charge on any atom is 0.335 e. The second-order valence-corrected chi connectivity index (χ2v) is 9.66. The number of carboxylic acid groups (broad SMARTS) is 1. The second-order valence-electron chi connectivity index (χ2n) is 9.66. The molecular formula is C28H35N7O3. The summed E-state index contributed by atoms with van der Waals surface area (Å²) >= 11 is 0.